The van der Waals surface area contributed by atoms with Gasteiger partial charge in [-0.15, -0.1) is 0 Å². The second-order valence-corrected chi connectivity index (χ2v) is 6.03. The number of nitrogens with one attached hydrogen (secondary N) is 1. The topological polar surface area (TPSA) is 106 Å². The summed E-state index contributed by atoms with van der Waals surface area (Å²) in [7, 11) is 0. The summed E-state index contributed by atoms with van der Waals surface area (Å²) in [6.07, 6.45) is 1.69. The quantitative estimate of drug-likeness (QED) is 0.538. The zero-order chi connectivity index (χ0) is 18.4. The number of para-hydroxylation sites is 1. The lowest BCUT2D eigenvalue weighted by atomic mass is 10.2. The molecule has 0 radical (unpaired) electrons. The minimum atomic E-state index is -0.768. The van der Waals surface area contributed by atoms with Crippen LogP contribution in [0, 0.1) is 12.3 Å². The molecule has 0 saturated carbocycles. The Morgan fingerprint density at radius 1 is 1.15 bits per heavy atom. The number of carbonyl (C=O) groups is 1. The predicted octanol–water partition coefficient (Wildman–Crippen LogP) is 1.53. The molecule has 0 saturated heterocycles. The van der Waals surface area contributed by atoms with Crippen molar-refractivity contribution in [1.82, 2.24) is 14.0 Å². The van der Waals surface area contributed by atoms with Crippen LogP contribution in [0.1, 0.15) is 15.9 Å². The van der Waals surface area contributed by atoms with Crippen LogP contribution in [0.3, 0.4) is 0 Å². The summed E-state index contributed by atoms with van der Waals surface area (Å²) in [6, 6.07) is 14.0. The summed E-state index contributed by atoms with van der Waals surface area (Å²) in [4.78, 5) is 29.4. The summed E-state index contributed by atoms with van der Waals surface area (Å²) >= 11 is 0. The molecule has 0 aliphatic carbocycles. The molecule has 4 aromatic rings. The van der Waals surface area contributed by atoms with E-state index in [0.717, 1.165) is 5.56 Å². The maximum absolute atomic E-state index is 13.0. The molecule has 3 aromatic heterocycles. The Balaban J connectivity index is 2.28. The van der Waals surface area contributed by atoms with E-state index >= 15 is 0 Å². The number of carbonyl (C=O) groups excluding carboxylic acids is 1. The van der Waals surface area contributed by atoms with Crippen LogP contribution < -0.4 is 16.8 Å². The van der Waals surface area contributed by atoms with E-state index in [9.17, 15) is 9.59 Å². The number of nitrogens with zero attached hydrogens (tertiary/aromatic N) is 3. The lowest BCUT2D eigenvalue weighted by Gasteiger charge is -2.14. The van der Waals surface area contributed by atoms with Gasteiger partial charge in [-0.1, -0.05) is 24.3 Å². The molecule has 0 atom stereocenters. The van der Waals surface area contributed by atoms with Gasteiger partial charge in [0.15, 0.2) is 5.65 Å². The van der Waals surface area contributed by atoms with E-state index < -0.39 is 5.91 Å². The minimum Gasteiger partial charge on any atom is -0.365 e. The standard InChI is InChI=1S/C19H15N5O2/c1-11-7-8-15-22-18-14(19(26)23(15)10-11)9-13(17(21)25)16(20)24(18)12-5-3-2-4-6-12/h2-10,20H,1H3,(H2,21,25). The smallest absolute Gasteiger partial charge is 0.267 e. The lowest BCUT2D eigenvalue weighted by Crippen LogP contribution is -2.31. The van der Waals surface area contributed by atoms with Crippen molar-refractivity contribution in [1.29, 1.82) is 5.41 Å². The highest BCUT2D eigenvalue weighted by Crippen LogP contribution is 2.15. The van der Waals surface area contributed by atoms with Gasteiger partial charge in [-0.2, -0.15) is 0 Å². The highest BCUT2D eigenvalue weighted by molar-refractivity contribution is 5.96. The van der Waals surface area contributed by atoms with Gasteiger partial charge < -0.3 is 5.73 Å². The zero-order valence-corrected chi connectivity index (χ0v) is 13.9. The van der Waals surface area contributed by atoms with Crippen molar-refractivity contribution in [3.8, 4) is 5.69 Å². The second kappa shape index (κ2) is 5.66. The van der Waals surface area contributed by atoms with Crippen molar-refractivity contribution >= 4 is 22.6 Å². The van der Waals surface area contributed by atoms with Crippen molar-refractivity contribution in [2.45, 2.75) is 6.92 Å². The van der Waals surface area contributed by atoms with E-state index in [0.29, 0.717) is 17.0 Å². The number of aromatic nitrogens is 3. The van der Waals surface area contributed by atoms with E-state index in [-0.39, 0.29) is 22.0 Å². The first kappa shape index (κ1) is 15.8. The number of benzene rings is 1. The van der Waals surface area contributed by atoms with Gasteiger partial charge in [-0.3, -0.25) is 24.0 Å². The van der Waals surface area contributed by atoms with Gasteiger partial charge >= 0.3 is 0 Å². The first-order valence-corrected chi connectivity index (χ1v) is 7.96. The minimum absolute atomic E-state index is 0.0344. The van der Waals surface area contributed by atoms with Crippen LogP contribution >= 0.6 is 0 Å². The number of nitrogens with two attached hydrogens (primary N) is 1. The molecule has 128 valence electrons. The second-order valence-electron chi connectivity index (χ2n) is 6.03. The van der Waals surface area contributed by atoms with Crippen LogP contribution in [-0.2, 0) is 0 Å². The Morgan fingerprint density at radius 3 is 2.58 bits per heavy atom. The molecule has 7 nitrogen and oxygen atoms in total. The third-order valence-electron chi connectivity index (χ3n) is 4.24. The maximum Gasteiger partial charge on any atom is 0.267 e. The fourth-order valence-corrected chi connectivity index (χ4v) is 3.00. The van der Waals surface area contributed by atoms with Crippen molar-refractivity contribution in [3.05, 3.63) is 81.7 Å². The number of rotatable bonds is 2. The first-order chi connectivity index (χ1) is 12.5. The van der Waals surface area contributed by atoms with Gasteiger partial charge in [0.2, 0.25) is 0 Å². The molecule has 1 amide bonds. The van der Waals surface area contributed by atoms with E-state index in [1.54, 1.807) is 24.4 Å². The van der Waals surface area contributed by atoms with E-state index in [4.69, 9.17) is 11.1 Å². The molecule has 0 spiro atoms. The molecule has 0 aliphatic heterocycles. The normalized spacial score (nSPS) is 11.1. The molecule has 3 heterocycles. The maximum atomic E-state index is 13.0. The van der Waals surface area contributed by atoms with Gasteiger partial charge in [0.05, 0.1) is 10.9 Å². The number of hydrogen-bond acceptors (Lipinski definition) is 4. The van der Waals surface area contributed by atoms with Gasteiger partial charge in [0.1, 0.15) is 11.1 Å². The monoisotopic (exact) mass is 345 g/mol. The van der Waals surface area contributed by atoms with Gasteiger partial charge in [0.25, 0.3) is 11.5 Å². The van der Waals surface area contributed by atoms with Gasteiger partial charge in [-0.25, -0.2) is 4.98 Å². The Morgan fingerprint density at radius 2 is 1.88 bits per heavy atom. The summed E-state index contributed by atoms with van der Waals surface area (Å²) < 4.78 is 2.90. The largest absolute Gasteiger partial charge is 0.365 e. The Labute approximate surface area is 147 Å². The summed E-state index contributed by atoms with van der Waals surface area (Å²) in [5, 5.41) is 8.65. The fraction of sp³-hybridized carbons (Fsp3) is 0.0526. The molecule has 0 unspecified atom stereocenters. The Bertz CT molecular complexity index is 1300. The van der Waals surface area contributed by atoms with Crippen molar-refractivity contribution in [3.63, 3.8) is 0 Å². The first-order valence-electron chi connectivity index (χ1n) is 7.96. The number of aryl methyl sites for hydroxylation is 1. The van der Waals surface area contributed by atoms with Crippen molar-refractivity contribution in [2.75, 3.05) is 0 Å². The molecule has 26 heavy (non-hydrogen) atoms. The van der Waals surface area contributed by atoms with Gasteiger partial charge in [0, 0.05) is 11.9 Å². The average Bonchev–Trinajstić information content (AvgIpc) is 2.63. The number of fused-ring (bicyclic) bond motifs is 2. The Kier molecular flexibility index (Phi) is 3.43. The third-order valence-corrected chi connectivity index (χ3v) is 4.24. The molecular weight excluding hydrogens is 330 g/mol. The number of amides is 1. The molecule has 7 heteroatoms. The predicted molar refractivity (Wildman–Crippen MR) is 97.4 cm³/mol. The van der Waals surface area contributed by atoms with E-state index in [1.807, 2.05) is 31.2 Å². The lowest BCUT2D eigenvalue weighted by molar-refractivity contribution is 0.0998. The SMILES string of the molecule is Cc1ccc2nc3c(cc(C(N)=O)c(=N)n3-c3ccccc3)c(=O)n2c1. The van der Waals surface area contributed by atoms with Crippen LogP contribution in [0.25, 0.3) is 22.4 Å². The molecule has 3 N–H and O–H groups in total. The fourth-order valence-electron chi connectivity index (χ4n) is 3.00. The van der Waals surface area contributed by atoms with Crippen LogP contribution in [-0.4, -0.2) is 19.9 Å². The van der Waals surface area contributed by atoms with Crippen molar-refractivity contribution in [2.24, 2.45) is 5.73 Å². The summed E-state index contributed by atoms with van der Waals surface area (Å²) in [6.45, 7) is 1.88. The van der Waals surface area contributed by atoms with Crippen LogP contribution in [0.5, 0.6) is 0 Å². The number of primary amides is 1. The highest BCUT2D eigenvalue weighted by Gasteiger charge is 2.16. The molecule has 0 fully saturated rings. The molecule has 0 bridgehead atoms. The van der Waals surface area contributed by atoms with E-state index in [1.165, 1.54) is 15.0 Å². The Hall–Kier alpha value is -3.74. The third kappa shape index (κ3) is 2.29. The molecule has 1 aromatic carbocycles. The molecule has 4 rings (SSSR count). The molecule has 0 aliphatic rings. The van der Waals surface area contributed by atoms with Gasteiger partial charge in [-0.05, 0) is 36.8 Å². The van der Waals surface area contributed by atoms with E-state index in [2.05, 4.69) is 4.98 Å². The zero-order valence-electron chi connectivity index (χ0n) is 13.9. The average molecular weight is 345 g/mol. The highest BCUT2D eigenvalue weighted by atomic mass is 16.1. The number of pyridine rings is 2. The van der Waals surface area contributed by atoms with Crippen LogP contribution in [0.2, 0.25) is 0 Å². The van der Waals surface area contributed by atoms with Crippen LogP contribution in [0.15, 0.2) is 59.5 Å². The molecular formula is C19H15N5O2. The van der Waals surface area contributed by atoms with Crippen LogP contribution in [0.4, 0.5) is 0 Å². The summed E-state index contributed by atoms with van der Waals surface area (Å²) in [5.41, 5.74) is 7.27. The number of hydrogen-bond donors (Lipinski definition) is 2. The summed E-state index contributed by atoms with van der Waals surface area (Å²) in [5.74, 6) is -0.768. The van der Waals surface area contributed by atoms with Crippen molar-refractivity contribution < 1.29 is 4.79 Å².